The van der Waals surface area contributed by atoms with E-state index in [0.717, 1.165) is 35.3 Å². The topological polar surface area (TPSA) is 30.2 Å². The van der Waals surface area contributed by atoms with Crippen molar-refractivity contribution in [2.24, 2.45) is 0 Å². The van der Waals surface area contributed by atoms with Crippen LogP contribution in [0.25, 0.3) is 27.7 Å². The minimum atomic E-state index is -0.291. The fourth-order valence-corrected chi connectivity index (χ4v) is 4.03. The van der Waals surface area contributed by atoms with Gasteiger partial charge in [-0.1, -0.05) is 42.8 Å². The van der Waals surface area contributed by atoms with E-state index in [1.807, 2.05) is 54.7 Å². The number of pyridine rings is 1. The second kappa shape index (κ2) is 10.6. The number of benzene rings is 3. The number of fused-ring (bicyclic) bond motifs is 3. The smallest absolute Gasteiger partial charge is 0.668 e. The average Bonchev–Trinajstić information content (AvgIpc) is 3.35. The van der Waals surface area contributed by atoms with Crippen LogP contribution in [0.5, 0.6) is 0 Å². The molecule has 0 N–H and O–H groups in total. The standard InChI is InChI=1S/C17H11FN.C11H10N2.Ir/c18-15-10-8-14(9-11-15)17-16(7-4-12-19-17)13-5-2-1-3-6-13;1-2-4-10-9(3-1)5-7-13-8-6-12-11(10)13;/h1-8,10-12H;1-3,6,8,11H,5,7H2;/q-1;-2;+3. The third-order valence-corrected chi connectivity index (χ3v) is 5.60. The molecule has 6 rings (SSSR count). The van der Waals surface area contributed by atoms with Gasteiger partial charge in [-0.3, -0.25) is 4.39 Å². The summed E-state index contributed by atoms with van der Waals surface area (Å²) in [4.78, 5) is 6.66. The normalized spacial score (nSPS) is 15.3. The summed E-state index contributed by atoms with van der Waals surface area (Å²) in [5, 5.41) is 4.41. The van der Waals surface area contributed by atoms with Gasteiger partial charge in [0.15, 0.2) is 0 Å². The summed E-state index contributed by atoms with van der Waals surface area (Å²) in [6.45, 7) is 1.08. The molecule has 0 spiro atoms. The van der Waals surface area contributed by atoms with Gasteiger partial charge in [-0.05, 0) is 35.3 Å². The van der Waals surface area contributed by atoms with Gasteiger partial charge in [0.05, 0.1) is 0 Å². The van der Waals surface area contributed by atoms with E-state index in [1.165, 1.54) is 23.3 Å². The predicted octanol–water partition coefficient (Wildman–Crippen LogP) is 6.55. The predicted molar refractivity (Wildman–Crippen MR) is 125 cm³/mol. The molecule has 0 saturated heterocycles. The summed E-state index contributed by atoms with van der Waals surface area (Å²) >= 11 is 0. The number of nitrogens with zero attached hydrogens (tertiary/aromatic N) is 3. The van der Waals surface area contributed by atoms with Gasteiger partial charge in [-0.15, -0.1) is 29.8 Å². The molecule has 3 aromatic carbocycles. The Labute approximate surface area is 207 Å². The second-order valence-corrected chi connectivity index (χ2v) is 7.60. The van der Waals surface area contributed by atoms with E-state index < -0.39 is 0 Å². The molecule has 0 radical (unpaired) electrons. The molecular weight excluding hydrogens is 590 g/mol. The third kappa shape index (κ3) is 5.05. The first-order valence-electron chi connectivity index (χ1n) is 10.6. The minimum absolute atomic E-state index is 0. The van der Waals surface area contributed by atoms with E-state index in [4.69, 9.17) is 0 Å². The van der Waals surface area contributed by atoms with E-state index in [0.29, 0.717) is 0 Å². The van der Waals surface area contributed by atoms with Gasteiger partial charge in [0.1, 0.15) is 0 Å². The largest absolute Gasteiger partial charge is 3.00 e. The molecular formula is C28H21FIrN3. The molecule has 1 atom stereocenters. The summed E-state index contributed by atoms with van der Waals surface area (Å²) in [6, 6.07) is 30.8. The molecule has 5 heteroatoms. The number of rotatable bonds is 2. The van der Waals surface area contributed by atoms with Crippen LogP contribution in [0.15, 0.2) is 97.5 Å². The molecule has 33 heavy (non-hydrogen) atoms. The maximum Gasteiger partial charge on any atom is 3.00 e. The Morgan fingerprint density at radius 3 is 2.67 bits per heavy atom. The Kier molecular flexibility index (Phi) is 7.33. The van der Waals surface area contributed by atoms with Crippen molar-refractivity contribution in [3.63, 3.8) is 0 Å². The van der Waals surface area contributed by atoms with Crippen LogP contribution < -0.4 is 0 Å². The minimum Gasteiger partial charge on any atom is -0.668 e. The van der Waals surface area contributed by atoms with Crippen molar-refractivity contribution in [2.45, 2.75) is 12.6 Å². The Hall–Kier alpha value is -3.27. The first-order chi connectivity index (χ1) is 15.8. The molecule has 2 aliphatic rings. The van der Waals surface area contributed by atoms with Gasteiger partial charge in [-0.2, -0.15) is 41.6 Å². The summed E-state index contributed by atoms with van der Waals surface area (Å²) < 4.78 is 13.0. The molecule has 1 aromatic heterocycles. The fourth-order valence-electron chi connectivity index (χ4n) is 4.03. The quantitative estimate of drug-likeness (QED) is 0.241. The molecule has 1 unspecified atom stereocenters. The molecule has 4 aromatic rings. The molecule has 0 bridgehead atoms. The Bertz CT molecular complexity index is 1230. The van der Waals surface area contributed by atoms with E-state index in [1.54, 1.807) is 12.3 Å². The molecule has 3 heterocycles. The zero-order valence-electron chi connectivity index (χ0n) is 17.8. The zero-order valence-corrected chi connectivity index (χ0v) is 20.2. The zero-order chi connectivity index (χ0) is 21.8. The van der Waals surface area contributed by atoms with Crippen molar-refractivity contribution in [3.8, 4) is 22.4 Å². The molecule has 0 saturated carbocycles. The first-order valence-corrected chi connectivity index (χ1v) is 10.6. The monoisotopic (exact) mass is 611 g/mol. The molecule has 0 amide bonds. The van der Waals surface area contributed by atoms with Crippen LogP contribution in [0.3, 0.4) is 0 Å². The van der Waals surface area contributed by atoms with Gasteiger partial charge in [-0.25, -0.2) is 0 Å². The summed E-state index contributed by atoms with van der Waals surface area (Å²) in [7, 11) is 0. The first kappa shape index (κ1) is 22.9. The van der Waals surface area contributed by atoms with Gasteiger partial charge >= 0.3 is 20.1 Å². The van der Waals surface area contributed by atoms with Crippen molar-refractivity contribution in [1.82, 2.24) is 9.88 Å². The average molecular weight is 611 g/mol. The SMILES string of the molecule is Fc1c[c-]c(-c2ncccc2-c2ccccc2)cc1.[Ir+3].[c-]1cccc2c1C1[N-]C=CN1CC2. The second-order valence-electron chi connectivity index (χ2n) is 7.60. The van der Waals surface area contributed by atoms with E-state index in [-0.39, 0.29) is 32.1 Å². The Balaban J connectivity index is 0.000000162. The number of aromatic nitrogens is 1. The van der Waals surface area contributed by atoms with E-state index in [2.05, 4.69) is 45.7 Å². The van der Waals surface area contributed by atoms with Gasteiger partial charge < -0.3 is 15.2 Å². The van der Waals surface area contributed by atoms with Crippen LogP contribution in [0.2, 0.25) is 0 Å². The Morgan fingerprint density at radius 2 is 1.85 bits per heavy atom. The van der Waals surface area contributed by atoms with E-state index >= 15 is 0 Å². The van der Waals surface area contributed by atoms with Crippen molar-refractivity contribution in [1.29, 1.82) is 0 Å². The van der Waals surface area contributed by atoms with Crippen LogP contribution in [-0.4, -0.2) is 16.4 Å². The van der Waals surface area contributed by atoms with Crippen LogP contribution in [0.4, 0.5) is 4.39 Å². The Morgan fingerprint density at radius 1 is 0.970 bits per heavy atom. The molecule has 0 fully saturated rings. The van der Waals surface area contributed by atoms with Gasteiger partial charge in [0.2, 0.25) is 0 Å². The van der Waals surface area contributed by atoms with Crippen LogP contribution in [0.1, 0.15) is 17.3 Å². The summed E-state index contributed by atoms with van der Waals surface area (Å²) in [5.41, 5.74) is 6.36. The number of hydrogen-bond donors (Lipinski definition) is 0. The number of halogens is 1. The van der Waals surface area contributed by atoms with Crippen LogP contribution >= 0.6 is 0 Å². The van der Waals surface area contributed by atoms with Crippen molar-refractivity contribution < 1.29 is 24.5 Å². The summed E-state index contributed by atoms with van der Waals surface area (Å²) in [6.07, 6.45) is 7.02. The fraction of sp³-hybridized carbons (Fsp3) is 0.107. The van der Waals surface area contributed by atoms with Crippen molar-refractivity contribution >= 4 is 0 Å². The van der Waals surface area contributed by atoms with Crippen molar-refractivity contribution in [2.75, 3.05) is 6.54 Å². The number of hydrogen-bond acceptors (Lipinski definition) is 2. The van der Waals surface area contributed by atoms with Crippen LogP contribution in [-0.2, 0) is 26.5 Å². The summed E-state index contributed by atoms with van der Waals surface area (Å²) in [5.74, 6) is -0.291. The molecule has 164 valence electrons. The third-order valence-electron chi connectivity index (χ3n) is 5.60. The molecule has 3 nitrogen and oxygen atoms in total. The maximum absolute atomic E-state index is 13.0. The molecule has 2 aliphatic heterocycles. The maximum atomic E-state index is 13.0. The molecule has 0 aliphatic carbocycles. The van der Waals surface area contributed by atoms with Crippen LogP contribution in [0, 0.1) is 17.9 Å². The van der Waals surface area contributed by atoms with Gasteiger partial charge in [0.25, 0.3) is 0 Å². The van der Waals surface area contributed by atoms with Gasteiger partial charge in [0, 0.05) is 18.6 Å². The van der Waals surface area contributed by atoms with Crippen molar-refractivity contribution in [3.05, 3.63) is 132 Å². The van der Waals surface area contributed by atoms with E-state index in [9.17, 15) is 4.39 Å².